The molecule has 1 aromatic heterocycles. The predicted molar refractivity (Wildman–Crippen MR) is 196 cm³/mol. The van der Waals surface area contributed by atoms with Crippen LogP contribution < -0.4 is 10.6 Å². The molecule has 0 radical (unpaired) electrons. The van der Waals surface area contributed by atoms with Crippen LogP contribution in [0.4, 0.5) is 16.2 Å². The molecular formula is C42H37N3O7. The highest BCUT2D eigenvalue weighted by molar-refractivity contribution is 6.03. The van der Waals surface area contributed by atoms with Gasteiger partial charge in [0, 0.05) is 12.6 Å². The van der Waals surface area contributed by atoms with Gasteiger partial charge >= 0.3 is 17.7 Å². The third-order valence-electron chi connectivity index (χ3n) is 9.24. The summed E-state index contributed by atoms with van der Waals surface area (Å²) in [6.07, 6.45) is -1.68. The molecule has 2 heterocycles. The number of methoxy groups -OCH3 is 1. The zero-order valence-electron chi connectivity index (χ0n) is 28.4. The first-order valence-electron chi connectivity index (χ1n) is 16.9. The quantitative estimate of drug-likeness (QED) is 0.123. The van der Waals surface area contributed by atoms with Gasteiger partial charge in [0.25, 0.3) is 0 Å². The van der Waals surface area contributed by atoms with Crippen LogP contribution in [0.2, 0.25) is 0 Å². The number of anilines is 2. The van der Waals surface area contributed by atoms with Crippen molar-refractivity contribution >= 4 is 23.4 Å². The summed E-state index contributed by atoms with van der Waals surface area (Å²) in [6.45, 7) is -0.0512. The number of aliphatic hydroxyl groups excluding tert-OH is 1. The Kier molecular flexibility index (Phi) is 9.94. The van der Waals surface area contributed by atoms with Crippen LogP contribution in [-0.2, 0) is 19.8 Å². The number of aliphatic hydroxyl groups is 1. The lowest BCUT2D eigenvalue weighted by molar-refractivity contribution is -0.0942. The number of nitrogens with zero attached hydrogens (tertiary/aromatic N) is 3. The number of benzene rings is 5. The van der Waals surface area contributed by atoms with E-state index in [-0.39, 0.29) is 18.7 Å². The molecule has 0 spiro atoms. The van der Waals surface area contributed by atoms with E-state index in [1.165, 1.54) is 18.2 Å². The van der Waals surface area contributed by atoms with E-state index < -0.39 is 41.7 Å². The number of rotatable bonds is 10. The third-order valence-corrected chi connectivity index (χ3v) is 9.24. The number of imidazole rings is 1. The van der Waals surface area contributed by atoms with E-state index in [2.05, 4.69) is 0 Å². The normalized spacial score (nSPS) is 17.1. The number of para-hydroxylation sites is 2. The minimum Gasteiger partial charge on any atom is -0.464 e. The highest BCUT2D eigenvalue weighted by Gasteiger charge is 2.43. The molecule has 1 fully saturated rings. The van der Waals surface area contributed by atoms with E-state index >= 15 is 0 Å². The largest absolute Gasteiger partial charge is 0.464 e. The minimum atomic E-state index is -1.06. The molecule has 7 rings (SSSR count). The van der Waals surface area contributed by atoms with Crippen molar-refractivity contribution in [1.82, 2.24) is 9.13 Å². The maximum absolute atomic E-state index is 14.3. The van der Waals surface area contributed by atoms with Crippen molar-refractivity contribution in [3.8, 4) is 0 Å². The summed E-state index contributed by atoms with van der Waals surface area (Å²) in [4.78, 5) is 42.9. The van der Waals surface area contributed by atoms with Crippen molar-refractivity contribution in [2.75, 3.05) is 18.6 Å². The summed E-state index contributed by atoms with van der Waals surface area (Å²) in [5.74, 6) is -0.887. The standard InChI is InChI=1S/C42H37N3O7/c1-50-39(47)35-28-43(40(48)45(35)41(49)44(33-23-13-5-14-24-33)34-25-15-6-16-26-34)38-27-36(46)37(52-38)29-51-42(30-17-7-2-8-18-30,31-19-9-3-10-20-31)32-21-11-4-12-22-32/h2-26,28,36-38,46H,27,29H2,1H3/t36-,37+,38+/m0/s1. The molecule has 1 saturated heterocycles. The Bertz CT molecular complexity index is 2040. The summed E-state index contributed by atoms with van der Waals surface area (Å²) in [6, 6.07) is 46.3. The van der Waals surface area contributed by atoms with Gasteiger partial charge in [-0.05, 0) is 41.0 Å². The Balaban J connectivity index is 1.23. The van der Waals surface area contributed by atoms with E-state index in [4.69, 9.17) is 14.2 Å². The molecule has 0 aliphatic carbocycles. The summed E-state index contributed by atoms with van der Waals surface area (Å²) in [5.41, 5.74) is 1.44. The van der Waals surface area contributed by atoms with Crippen LogP contribution in [0.5, 0.6) is 0 Å². The first-order chi connectivity index (χ1) is 25.4. The van der Waals surface area contributed by atoms with Crippen LogP contribution in [0.25, 0.3) is 0 Å². The fraction of sp³-hybridized carbons (Fsp3) is 0.167. The predicted octanol–water partition coefficient (Wildman–Crippen LogP) is 6.90. The van der Waals surface area contributed by atoms with Gasteiger partial charge in [0.2, 0.25) is 0 Å². The smallest absolute Gasteiger partial charge is 0.356 e. The third kappa shape index (κ3) is 6.46. The molecule has 0 bridgehead atoms. The van der Waals surface area contributed by atoms with E-state index in [1.807, 2.05) is 103 Å². The molecule has 3 atom stereocenters. The molecule has 1 amide bonds. The fourth-order valence-corrected chi connectivity index (χ4v) is 6.74. The average molecular weight is 696 g/mol. The Morgan fingerprint density at radius 1 is 0.750 bits per heavy atom. The fourth-order valence-electron chi connectivity index (χ4n) is 6.74. The van der Waals surface area contributed by atoms with E-state index in [1.54, 1.807) is 48.5 Å². The zero-order chi connectivity index (χ0) is 36.1. The Hall–Kier alpha value is -6.07. The van der Waals surface area contributed by atoms with Gasteiger partial charge in [-0.25, -0.2) is 19.0 Å². The summed E-state index contributed by atoms with van der Waals surface area (Å²) >= 11 is 0. The molecular weight excluding hydrogens is 658 g/mol. The number of esters is 1. The van der Waals surface area contributed by atoms with Gasteiger partial charge in [0.05, 0.1) is 31.2 Å². The maximum atomic E-state index is 14.3. The van der Waals surface area contributed by atoms with Gasteiger partial charge in [0.15, 0.2) is 5.69 Å². The molecule has 0 saturated carbocycles. The van der Waals surface area contributed by atoms with Crippen LogP contribution in [-0.4, -0.2) is 52.2 Å². The SMILES string of the molecule is COC(=O)c1cn([C@H]2C[C@H](O)[C@@H](COC(c3ccccc3)(c3ccccc3)c3ccccc3)O2)c(=O)n1C(=O)N(c1ccccc1)c1ccccc1. The molecule has 1 aliphatic rings. The summed E-state index contributed by atoms with van der Waals surface area (Å²) in [7, 11) is 1.17. The number of carbonyl (C=O) groups excluding carboxylic acids is 2. The lowest BCUT2D eigenvalue weighted by Gasteiger charge is -2.37. The number of amides is 1. The lowest BCUT2D eigenvalue weighted by Crippen LogP contribution is -2.40. The minimum absolute atomic E-state index is 0.00282. The maximum Gasteiger partial charge on any atom is 0.356 e. The van der Waals surface area contributed by atoms with Gasteiger partial charge in [-0.15, -0.1) is 0 Å². The second-order valence-electron chi connectivity index (χ2n) is 12.3. The summed E-state index contributed by atoms with van der Waals surface area (Å²) < 4.78 is 20.2. The summed E-state index contributed by atoms with van der Waals surface area (Å²) in [5, 5.41) is 11.4. The number of aromatic nitrogens is 2. The number of hydrogen-bond donors (Lipinski definition) is 1. The monoisotopic (exact) mass is 695 g/mol. The van der Waals surface area contributed by atoms with Crippen molar-refractivity contribution in [2.45, 2.75) is 30.5 Å². The molecule has 262 valence electrons. The van der Waals surface area contributed by atoms with Gasteiger partial charge < -0.3 is 19.3 Å². The highest BCUT2D eigenvalue weighted by Crippen LogP contribution is 2.41. The molecule has 52 heavy (non-hydrogen) atoms. The Morgan fingerprint density at radius 2 is 1.19 bits per heavy atom. The van der Waals surface area contributed by atoms with Gasteiger partial charge in [-0.3, -0.25) is 9.47 Å². The van der Waals surface area contributed by atoms with Crippen molar-refractivity contribution in [3.63, 3.8) is 0 Å². The zero-order valence-corrected chi connectivity index (χ0v) is 28.4. The topological polar surface area (TPSA) is 112 Å². The van der Waals surface area contributed by atoms with Gasteiger partial charge in [-0.2, -0.15) is 0 Å². The second kappa shape index (κ2) is 15.0. The Morgan fingerprint density at radius 3 is 1.63 bits per heavy atom. The second-order valence-corrected chi connectivity index (χ2v) is 12.3. The molecule has 10 nitrogen and oxygen atoms in total. The van der Waals surface area contributed by atoms with Crippen LogP contribution in [0.1, 0.15) is 39.8 Å². The molecule has 6 aromatic rings. The van der Waals surface area contributed by atoms with Gasteiger partial charge in [-0.1, -0.05) is 127 Å². The number of hydrogen-bond acceptors (Lipinski definition) is 7. The van der Waals surface area contributed by atoms with Crippen LogP contribution >= 0.6 is 0 Å². The van der Waals surface area contributed by atoms with Crippen molar-refractivity contribution in [2.24, 2.45) is 0 Å². The molecule has 0 unspecified atom stereocenters. The first kappa shape index (κ1) is 34.4. The molecule has 1 aliphatic heterocycles. The molecule has 10 heteroatoms. The Labute approximate surface area is 300 Å². The number of ether oxygens (including phenoxy) is 3. The number of carbonyl (C=O) groups is 2. The van der Waals surface area contributed by atoms with Crippen LogP contribution in [0, 0.1) is 0 Å². The average Bonchev–Trinajstić information content (AvgIpc) is 3.75. The first-order valence-corrected chi connectivity index (χ1v) is 16.9. The van der Waals surface area contributed by atoms with Crippen LogP contribution in [0.3, 0.4) is 0 Å². The van der Waals surface area contributed by atoms with Crippen molar-refractivity contribution in [1.29, 1.82) is 0 Å². The highest BCUT2D eigenvalue weighted by atomic mass is 16.6. The van der Waals surface area contributed by atoms with E-state index in [0.717, 1.165) is 25.8 Å². The van der Waals surface area contributed by atoms with Crippen molar-refractivity contribution < 1.29 is 28.9 Å². The lowest BCUT2D eigenvalue weighted by atomic mass is 9.80. The van der Waals surface area contributed by atoms with E-state index in [9.17, 15) is 19.5 Å². The van der Waals surface area contributed by atoms with Gasteiger partial charge in [0.1, 0.15) is 17.9 Å². The molecule has 5 aromatic carbocycles. The van der Waals surface area contributed by atoms with Crippen LogP contribution in [0.15, 0.2) is 163 Å². The molecule has 1 N–H and O–H groups in total. The van der Waals surface area contributed by atoms with E-state index in [0.29, 0.717) is 11.4 Å². The van der Waals surface area contributed by atoms with Crippen molar-refractivity contribution in [3.05, 3.63) is 191 Å².